The van der Waals surface area contributed by atoms with Crippen molar-refractivity contribution in [1.82, 2.24) is 15.3 Å². The Hall–Kier alpha value is -2.18. The zero-order valence-corrected chi connectivity index (χ0v) is 13.0. The van der Waals surface area contributed by atoms with Gasteiger partial charge in [-0.1, -0.05) is 11.6 Å². The Labute approximate surface area is 135 Å². The van der Waals surface area contributed by atoms with Crippen molar-refractivity contribution in [1.29, 1.82) is 0 Å². The molecule has 0 aliphatic rings. The fourth-order valence-electron chi connectivity index (χ4n) is 2.03. The number of H-pyrrole nitrogens is 1. The van der Waals surface area contributed by atoms with Crippen LogP contribution in [0, 0.1) is 0 Å². The summed E-state index contributed by atoms with van der Waals surface area (Å²) in [6.45, 7) is 0.458. The van der Waals surface area contributed by atoms with Crippen LogP contribution in [0.1, 0.15) is 15.4 Å². The summed E-state index contributed by atoms with van der Waals surface area (Å²) < 4.78 is 1.07. The molecular formula is C15H12ClN3O2S. The van der Waals surface area contributed by atoms with E-state index in [-0.39, 0.29) is 11.5 Å². The van der Waals surface area contributed by atoms with E-state index >= 15 is 0 Å². The fraction of sp³-hybridized carbons (Fsp3) is 0.133. The van der Waals surface area contributed by atoms with Crippen molar-refractivity contribution in [3.05, 3.63) is 62.5 Å². The van der Waals surface area contributed by atoms with Crippen molar-refractivity contribution in [3.63, 3.8) is 0 Å². The summed E-state index contributed by atoms with van der Waals surface area (Å²) in [7, 11) is 0. The average molecular weight is 334 g/mol. The van der Waals surface area contributed by atoms with Gasteiger partial charge in [-0.05, 0) is 24.3 Å². The lowest BCUT2D eigenvalue weighted by atomic mass is 10.2. The summed E-state index contributed by atoms with van der Waals surface area (Å²) >= 11 is 7.51. The number of hydrogen-bond acceptors (Lipinski definition) is 4. The van der Waals surface area contributed by atoms with Gasteiger partial charge in [-0.3, -0.25) is 9.59 Å². The number of nitrogens with one attached hydrogen (secondary N) is 2. The van der Waals surface area contributed by atoms with Crippen LogP contribution in [0.25, 0.3) is 10.2 Å². The van der Waals surface area contributed by atoms with E-state index in [1.807, 2.05) is 18.2 Å². The highest BCUT2D eigenvalue weighted by Crippen LogP contribution is 2.24. The van der Waals surface area contributed by atoms with E-state index in [1.54, 1.807) is 17.4 Å². The minimum absolute atomic E-state index is 0.268. The van der Waals surface area contributed by atoms with E-state index in [0.717, 1.165) is 15.2 Å². The smallest absolute Gasteiger partial charge is 0.251 e. The maximum atomic E-state index is 11.9. The Kier molecular flexibility index (Phi) is 4.22. The first-order valence-corrected chi connectivity index (χ1v) is 7.83. The molecule has 1 aromatic carbocycles. The SMILES string of the molecule is O=C(NCCc1nc2cc(Cl)ccc2s1)c1cc[nH]c(=O)c1. The molecule has 0 aliphatic heterocycles. The molecule has 5 nitrogen and oxygen atoms in total. The maximum absolute atomic E-state index is 11.9. The van der Waals surface area contributed by atoms with Gasteiger partial charge in [0.1, 0.15) is 0 Å². The van der Waals surface area contributed by atoms with Gasteiger partial charge in [0, 0.05) is 35.8 Å². The van der Waals surface area contributed by atoms with Gasteiger partial charge in [0.05, 0.1) is 15.2 Å². The van der Waals surface area contributed by atoms with Crippen molar-refractivity contribution in [2.24, 2.45) is 0 Å². The number of aromatic amines is 1. The summed E-state index contributed by atoms with van der Waals surface area (Å²) in [4.78, 5) is 30.0. The molecule has 0 fully saturated rings. The third-order valence-corrected chi connectivity index (χ3v) is 4.39. The Morgan fingerprint density at radius 1 is 1.32 bits per heavy atom. The van der Waals surface area contributed by atoms with E-state index in [1.165, 1.54) is 12.3 Å². The lowest BCUT2D eigenvalue weighted by molar-refractivity contribution is 0.0954. The molecule has 3 aromatic rings. The maximum Gasteiger partial charge on any atom is 0.251 e. The first-order valence-electron chi connectivity index (χ1n) is 6.64. The van der Waals surface area contributed by atoms with Gasteiger partial charge < -0.3 is 10.3 Å². The van der Waals surface area contributed by atoms with Crippen molar-refractivity contribution < 1.29 is 4.79 Å². The van der Waals surface area contributed by atoms with Gasteiger partial charge >= 0.3 is 0 Å². The van der Waals surface area contributed by atoms with Crippen LogP contribution in [0.4, 0.5) is 0 Å². The zero-order chi connectivity index (χ0) is 15.5. The minimum atomic E-state index is -0.296. The van der Waals surface area contributed by atoms with Crippen LogP contribution in [0.2, 0.25) is 5.02 Å². The summed E-state index contributed by atoms with van der Waals surface area (Å²) in [5.41, 5.74) is 0.920. The van der Waals surface area contributed by atoms with Crippen LogP contribution in [-0.4, -0.2) is 22.4 Å². The van der Waals surface area contributed by atoms with Crippen molar-refractivity contribution in [2.75, 3.05) is 6.54 Å². The van der Waals surface area contributed by atoms with E-state index in [4.69, 9.17) is 11.6 Å². The number of rotatable bonds is 4. The predicted octanol–water partition coefficient (Wildman–Crippen LogP) is 2.61. The molecule has 2 heterocycles. The summed E-state index contributed by atoms with van der Waals surface area (Å²) in [6.07, 6.45) is 2.08. The molecule has 1 amide bonds. The highest BCUT2D eigenvalue weighted by Gasteiger charge is 2.07. The molecule has 0 aliphatic carbocycles. The molecule has 0 radical (unpaired) electrons. The first kappa shape index (κ1) is 14.7. The Morgan fingerprint density at radius 3 is 3.00 bits per heavy atom. The fourth-order valence-corrected chi connectivity index (χ4v) is 3.14. The normalized spacial score (nSPS) is 10.8. The molecule has 2 N–H and O–H groups in total. The lowest BCUT2D eigenvalue weighted by Crippen LogP contribution is -2.26. The number of nitrogens with zero attached hydrogens (tertiary/aromatic N) is 1. The highest BCUT2D eigenvalue weighted by molar-refractivity contribution is 7.18. The van der Waals surface area contributed by atoms with Crippen molar-refractivity contribution in [2.45, 2.75) is 6.42 Å². The van der Waals surface area contributed by atoms with E-state index in [0.29, 0.717) is 23.6 Å². The number of pyridine rings is 1. The van der Waals surface area contributed by atoms with Crippen LogP contribution in [-0.2, 0) is 6.42 Å². The molecule has 112 valence electrons. The number of carbonyl (C=O) groups is 1. The number of thiazole rings is 1. The topological polar surface area (TPSA) is 74.8 Å². The summed E-state index contributed by atoms with van der Waals surface area (Å²) in [6, 6.07) is 8.44. The van der Waals surface area contributed by atoms with E-state index < -0.39 is 0 Å². The molecule has 2 aromatic heterocycles. The molecule has 3 rings (SSSR count). The largest absolute Gasteiger partial charge is 0.352 e. The Bertz CT molecular complexity index is 888. The van der Waals surface area contributed by atoms with Gasteiger partial charge in [-0.25, -0.2) is 4.98 Å². The molecule has 0 atom stereocenters. The molecule has 0 saturated carbocycles. The quantitative estimate of drug-likeness (QED) is 0.770. The van der Waals surface area contributed by atoms with Crippen LogP contribution >= 0.6 is 22.9 Å². The van der Waals surface area contributed by atoms with Gasteiger partial charge in [0.2, 0.25) is 5.56 Å². The second-order valence-electron chi connectivity index (χ2n) is 4.67. The second kappa shape index (κ2) is 6.29. The first-order chi connectivity index (χ1) is 10.6. The van der Waals surface area contributed by atoms with Crippen LogP contribution in [0.5, 0.6) is 0 Å². The molecule has 0 bridgehead atoms. The van der Waals surface area contributed by atoms with Gasteiger partial charge in [-0.2, -0.15) is 0 Å². The number of hydrogen-bond donors (Lipinski definition) is 2. The lowest BCUT2D eigenvalue weighted by Gasteiger charge is -2.03. The number of benzene rings is 1. The molecule has 0 saturated heterocycles. The number of carbonyl (C=O) groups excluding carboxylic acids is 1. The minimum Gasteiger partial charge on any atom is -0.352 e. The highest BCUT2D eigenvalue weighted by atomic mass is 35.5. The van der Waals surface area contributed by atoms with Crippen molar-refractivity contribution >= 4 is 39.1 Å². The second-order valence-corrected chi connectivity index (χ2v) is 6.22. The zero-order valence-electron chi connectivity index (χ0n) is 11.4. The summed E-state index contributed by atoms with van der Waals surface area (Å²) in [5.74, 6) is -0.268. The van der Waals surface area contributed by atoms with Crippen molar-refractivity contribution in [3.8, 4) is 0 Å². The molecule has 7 heteroatoms. The molecular weight excluding hydrogens is 322 g/mol. The van der Waals surface area contributed by atoms with Gasteiger partial charge in [-0.15, -0.1) is 11.3 Å². The average Bonchev–Trinajstić information content (AvgIpc) is 2.89. The van der Waals surface area contributed by atoms with Crippen LogP contribution in [0.3, 0.4) is 0 Å². The standard InChI is InChI=1S/C15H12ClN3O2S/c16-10-1-2-12-11(8-10)19-14(22-12)4-6-18-15(21)9-3-5-17-13(20)7-9/h1-3,5,7-8H,4,6H2,(H,17,20)(H,18,21). The third kappa shape index (κ3) is 3.35. The number of halogens is 1. The number of amides is 1. The monoisotopic (exact) mass is 333 g/mol. The van der Waals surface area contributed by atoms with E-state index in [9.17, 15) is 9.59 Å². The van der Waals surface area contributed by atoms with Crippen LogP contribution < -0.4 is 10.9 Å². The third-order valence-electron chi connectivity index (χ3n) is 3.06. The molecule has 0 unspecified atom stereocenters. The molecule has 22 heavy (non-hydrogen) atoms. The summed E-state index contributed by atoms with van der Waals surface area (Å²) in [5, 5.41) is 4.37. The number of fused-ring (bicyclic) bond motifs is 1. The number of aromatic nitrogens is 2. The van der Waals surface area contributed by atoms with E-state index in [2.05, 4.69) is 15.3 Å². The van der Waals surface area contributed by atoms with Gasteiger partial charge in [0.25, 0.3) is 5.91 Å². The molecule has 0 spiro atoms. The van der Waals surface area contributed by atoms with Gasteiger partial charge in [0.15, 0.2) is 0 Å². The van der Waals surface area contributed by atoms with Crippen LogP contribution in [0.15, 0.2) is 41.3 Å². The Morgan fingerprint density at radius 2 is 2.18 bits per heavy atom. The Balaban J connectivity index is 1.62. The predicted molar refractivity (Wildman–Crippen MR) is 87.7 cm³/mol.